The maximum atomic E-state index is 12.8. The van der Waals surface area contributed by atoms with Crippen LogP contribution in [0.5, 0.6) is 0 Å². The number of likely N-dealkylation sites (tertiary alicyclic amines) is 1. The predicted molar refractivity (Wildman–Crippen MR) is 78.5 cm³/mol. The molecule has 2 aliphatic rings. The molecule has 20 heavy (non-hydrogen) atoms. The van der Waals surface area contributed by atoms with E-state index in [2.05, 4.69) is 5.16 Å². The molecule has 114 valence electrons. The smallest absolute Gasteiger partial charge is 0.233 e. The number of carbonyl (C=O) groups is 1. The van der Waals surface area contributed by atoms with Crippen molar-refractivity contribution < 1.29 is 10.0 Å². The van der Waals surface area contributed by atoms with E-state index in [0.29, 0.717) is 18.4 Å². The SMILES string of the molecule is CCCC(C(=O)N1CCC[C@H]2CCCC[C@H]21)C(N)=NO. The van der Waals surface area contributed by atoms with Crippen molar-refractivity contribution in [3.63, 3.8) is 0 Å². The molecule has 0 radical (unpaired) electrons. The molecule has 1 saturated carbocycles. The van der Waals surface area contributed by atoms with Gasteiger partial charge in [0, 0.05) is 12.6 Å². The number of piperidine rings is 1. The number of rotatable bonds is 4. The fraction of sp³-hybridized carbons (Fsp3) is 0.867. The second-order valence-corrected chi connectivity index (χ2v) is 6.15. The van der Waals surface area contributed by atoms with Crippen molar-refractivity contribution in [3.8, 4) is 0 Å². The molecule has 0 aromatic heterocycles. The normalized spacial score (nSPS) is 28.9. The van der Waals surface area contributed by atoms with Crippen molar-refractivity contribution in [2.75, 3.05) is 6.54 Å². The Kier molecular flexibility index (Phi) is 5.26. The van der Waals surface area contributed by atoms with Gasteiger partial charge in [-0.25, -0.2) is 0 Å². The first-order valence-corrected chi connectivity index (χ1v) is 7.97. The van der Waals surface area contributed by atoms with E-state index in [4.69, 9.17) is 10.9 Å². The summed E-state index contributed by atoms with van der Waals surface area (Å²) in [5, 5.41) is 12.0. The minimum Gasteiger partial charge on any atom is -0.409 e. The van der Waals surface area contributed by atoms with Crippen LogP contribution in [0.3, 0.4) is 0 Å². The number of nitrogens with zero attached hydrogens (tertiary/aromatic N) is 2. The van der Waals surface area contributed by atoms with Crippen LogP contribution in [-0.2, 0) is 4.79 Å². The third kappa shape index (κ3) is 3.07. The second-order valence-electron chi connectivity index (χ2n) is 6.15. The number of nitrogens with two attached hydrogens (primary N) is 1. The van der Waals surface area contributed by atoms with Crippen molar-refractivity contribution in [1.29, 1.82) is 0 Å². The van der Waals surface area contributed by atoms with E-state index in [1.54, 1.807) is 0 Å². The van der Waals surface area contributed by atoms with Gasteiger partial charge in [-0.05, 0) is 38.0 Å². The van der Waals surface area contributed by atoms with Crippen molar-refractivity contribution in [2.45, 2.75) is 64.3 Å². The highest BCUT2D eigenvalue weighted by molar-refractivity contribution is 6.02. The molecule has 1 unspecified atom stereocenters. The van der Waals surface area contributed by atoms with Crippen molar-refractivity contribution in [2.24, 2.45) is 22.7 Å². The van der Waals surface area contributed by atoms with Gasteiger partial charge in [-0.15, -0.1) is 0 Å². The summed E-state index contributed by atoms with van der Waals surface area (Å²) in [5.41, 5.74) is 5.73. The molecule has 0 aromatic carbocycles. The zero-order chi connectivity index (χ0) is 14.5. The first-order valence-electron chi connectivity index (χ1n) is 7.97. The van der Waals surface area contributed by atoms with E-state index in [-0.39, 0.29) is 11.7 Å². The second kappa shape index (κ2) is 6.95. The first kappa shape index (κ1) is 15.1. The Bertz CT molecular complexity index is 368. The first-order chi connectivity index (χ1) is 9.69. The van der Waals surface area contributed by atoms with Gasteiger partial charge < -0.3 is 15.8 Å². The number of amidine groups is 1. The van der Waals surface area contributed by atoms with E-state index < -0.39 is 5.92 Å². The molecule has 1 aliphatic heterocycles. The molecule has 1 amide bonds. The lowest BCUT2D eigenvalue weighted by Crippen LogP contribution is -2.53. The number of amides is 1. The number of carbonyl (C=O) groups excluding carboxylic acids is 1. The van der Waals surface area contributed by atoms with Crippen LogP contribution in [0.15, 0.2) is 5.16 Å². The summed E-state index contributed by atoms with van der Waals surface area (Å²) in [5.74, 6) is 0.343. The molecule has 3 N–H and O–H groups in total. The van der Waals surface area contributed by atoms with Crippen LogP contribution in [0.1, 0.15) is 58.3 Å². The van der Waals surface area contributed by atoms with Gasteiger partial charge in [0.15, 0.2) is 5.84 Å². The number of hydrogen-bond donors (Lipinski definition) is 2. The Hall–Kier alpha value is -1.26. The molecule has 3 atom stereocenters. The van der Waals surface area contributed by atoms with E-state index >= 15 is 0 Å². The summed E-state index contributed by atoms with van der Waals surface area (Å²) >= 11 is 0. The van der Waals surface area contributed by atoms with Crippen LogP contribution in [0.4, 0.5) is 0 Å². The van der Waals surface area contributed by atoms with Gasteiger partial charge in [0.25, 0.3) is 0 Å². The molecule has 2 rings (SSSR count). The molecule has 0 spiro atoms. The largest absolute Gasteiger partial charge is 0.409 e. The molecule has 0 bridgehead atoms. The average Bonchev–Trinajstić information content (AvgIpc) is 2.50. The molecule has 0 aromatic rings. The number of fused-ring (bicyclic) bond motifs is 1. The van der Waals surface area contributed by atoms with Crippen molar-refractivity contribution in [3.05, 3.63) is 0 Å². The molecule has 2 fully saturated rings. The Morgan fingerprint density at radius 3 is 2.75 bits per heavy atom. The minimum atomic E-state index is -0.453. The van der Waals surface area contributed by atoms with E-state index in [1.807, 2.05) is 11.8 Å². The lowest BCUT2D eigenvalue weighted by Gasteiger charge is -2.45. The van der Waals surface area contributed by atoms with Crippen LogP contribution in [0.25, 0.3) is 0 Å². The molecular weight excluding hydrogens is 254 g/mol. The third-order valence-corrected chi connectivity index (χ3v) is 4.87. The van der Waals surface area contributed by atoms with Gasteiger partial charge >= 0.3 is 0 Å². The monoisotopic (exact) mass is 281 g/mol. The molecule has 5 heteroatoms. The van der Waals surface area contributed by atoms with E-state index in [0.717, 1.165) is 25.8 Å². The molecule has 5 nitrogen and oxygen atoms in total. The van der Waals surface area contributed by atoms with Gasteiger partial charge in [-0.3, -0.25) is 4.79 Å². The number of hydrogen-bond acceptors (Lipinski definition) is 3. The summed E-state index contributed by atoms with van der Waals surface area (Å²) in [6.07, 6.45) is 8.71. The van der Waals surface area contributed by atoms with Crippen LogP contribution in [0.2, 0.25) is 0 Å². The van der Waals surface area contributed by atoms with E-state index in [9.17, 15) is 4.79 Å². The molecule has 1 aliphatic carbocycles. The minimum absolute atomic E-state index is 0.0646. The standard InChI is InChI=1S/C15H27N3O2/c1-2-6-12(14(16)17-20)15(19)18-10-5-8-11-7-3-4-9-13(11)18/h11-13,20H,2-10H2,1H3,(H2,16,17)/t11-,12?,13-/m1/s1. The maximum absolute atomic E-state index is 12.8. The topological polar surface area (TPSA) is 78.9 Å². The molecular formula is C15H27N3O2. The summed E-state index contributed by atoms with van der Waals surface area (Å²) in [6, 6.07) is 0.385. The van der Waals surface area contributed by atoms with Gasteiger partial charge in [0.1, 0.15) is 0 Å². The summed E-state index contributed by atoms with van der Waals surface area (Å²) in [6.45, 7) is 2.85. The van der Waals surface area contributed by atoms with Gasteiger partial charge in [-0.1, -0.05) is 31.3 Å². The Labute approximate surface area is 121 Å². The third-order valence-electron chi connectivity index (χ3n) is 4.87. The van der Waals surface area contributed by atoms with Crippen molar-refractivity contribution in [1.82, 2.24) is 4.90 Å². The lowest BCUT2D eigenvalue weighted by atomic mass is 9.78. The fourth-order valence-corrected chi connectivity index (χ4v) is 3.85. The molecule has 1 heterocycles. The Balaban J connectivity index is 2.12. The quantitative estimate of drug-likeness (QED) is 0.359. The Morgan fingerprint density at radius 1 is 1.35 bits per heavy atom. The van der Waals surface area contributed by atoms with Crippen LogP contribution in [-0.4, -0.2) is 34.4 Å². The zero-order valence-electron chi connectivity index (χ0n) is 12.4. The summed E-state index contributed by atoms with van der Waals surface area (Å²) < 4.78 is 0. The van der Waals surface area contributed by atoms with Gasteiger partial charge in [0.05, 0.1) is 5.92 Å². The highest BCUT2D eigenvalue weighted by Crippen LogP contribution is 2.36. The highest BCUT2D eigenvalue weighted by atomic mass is 16.4. The summed E-state index contributed by atoms with van der Waals surface area (Å²) in [4.78, 5) is 14.8. The van der Waals surface area contributed by atoms with Crippen LogP contribution >= 0.6 is 0 Å². The fourth-order valence-electron chi connectivity index (χ4n) is 3.85. The number of oxime groups is 1. The van der Waals surface area contributed by atoms with Gasteiger partial charge in [-0.2, -0.15) is 0 Å². The Morgan fingerprint density at radius 2 is 2.05 bits per heavy atom. The van der Waals surface area contributed by atoms with Crippen molar-refractivity contribution >= 4 is 11.7 Å². The predicted octanol–water partition coefficient (Wildman–Crippen LogP) is 2.33. The maximum Gasteiger partial charge on any atom is 0.233 e. The highest BCUT2D eigenvalue weighted by Gasteiger charge is 2.38. The van der Waals surface area contributed by atoms with E-state index in [1.165, 1.54) is 25.7 Å². The lowest BCUT2D eigenvalue weighted by molar-refractivity contribution is -0.140. The zero-order valence-corrected chi connectivity index (χ0v) is 12.4. The van der Waals surface area contributed by atoms with Gasteiger partial charge in [0.2, 0.25) is 5.91 Å². The summed E-state index contributed by atoms with van der Waals surface area (Å²) in [7, 11) is 0. The average molecular weight is 281 g/mol. The molecule has 1 saturated heterocycles. The van der Waals surface area contributed by atoms with Crippen LogP contribution < -0.4 is 5.73 Å². The van der Waals surface area contributed by atoms with Crippen LogP contribution in [0, 0.1) is 11.8 Å².